The molecule has 2 fully saturated rings. The van der Waals surface area contributed by atoms with Crippen LogP contribution in [0.5, 0.6) is 5.75 Å². The molecule has 2 N–H and O–H groups in total. The van der Waals surface area contributed by atoms with Crippen LogP contribution in [-0.2, 0) is 19.1 Å². The van der Waals surface area contributed by atoms with Gasteiger partial charge in [0.15, 0.2) is 6.61 Å². The number of halogens is 2. The Morgan fingerprint density at radius 3 is 2.52 bits per heavy atom. The summed E-state index contributed by atoms with van der Waals surface area (Å²) in [7, 11) is 0. The van der Waals surface area contributed by atoms with E-state index in [0.717, 1.165) is 17.7 Å². The quantitative estimate of drug-likeness (QED) is 0.495. The molecule has 0 aromatic heterocycles. The fourth-order valence-corrected chi connectivity index (χ4v) is 3.03. The second-order valence-corrected chi connectivity index (χ2v) is 6.91. The number of nitrogens with zero attached hydrogens (tertiary/aromatic N) is 1. The van der Waals surface area contributed by atoms with Crippen LogP contribution >= 0.6 is 0 Å². The van der Waals surface area contributed by atoms with E-state index in [2.05, 4.69) is 15.4 Å². The third kappa shape index (κ3) is 4.79. The number of esters is 1. The third-order valence-corrected chi connectivity index (χ3v) is 4.71. The fourth-order valence-electron chi connectivity index (χ4n) is 3.03. The zero-order chi connectivity index (χ0) is 21.2. The van der Waals surface area contributed by atoms with Gasteiger partial charge in [-0.1, -0.05) is 0 Å². The number of hydrogen-bond donors (Lipinski definition) is 2. The Bertz CT molecular complexity index is 827. The predicted octanol–water partition coefficient (Wildman–Crippen LogP) is 1.49. The number of hydrogen-bond acceptors (Lipinski definition) is 6. The first-order valence-electron chi connectivity index (χ1n) is 8.83. The van der Waals surface area contributed by atoms with Gasteiger partial charge in [-0.05, 0) is 49.9 Å². The zero-order valence-electron chi connectivity index (χ0n) is 15.4. The Morgan fingerprint density at radius 1 is 1.28 bits per heavy atom. The van der Waals surface area contributed by atoms with Gasteiger partial charge in [0.1, 0.15) is 17.8 Å². The number of carbonyl (C=O) groups is 4. The number of benzene rings is 1. The van der Waals surface area contributed by atoms with Crippen molar-refractivity contribution in [2.24, 2.45) is 5.92 Å². The van der Waals surface area contributed by atoms with Crippen molar-refractivity contribution < 1.29 is 37.4 Å². The van der Waals surface area contributed by atoms with Crippen molar-refractivity contribution in [3.8, 4) is 5.75 Å². The summed E-state index contributed by atoms with van der Waals surface area (Å²) in [4.78, 5) is 49.0. The molecule has 0 unspecified atom stereocenters. The Morgan fingerprint density at radius 2 is 1.93 bits per heavy atom. The molecular weight excluding hydrogens is 392 g/mol. The number of nitrogens with one attached hydrogen (secondary N) is 2. The van der Waals surface area contributed by atoms with E-state index in [1.807, 2.05) is 0 Å². The number of carbonyl (C=O) groups excluding carboxylic acids is 4. The molecule has 1 saturated carbocycles. The molecule has 4 amide bonds. The van der Waals surface area contributed by atoms with Gasteiger partial charge in [0, 0.05) is 5.69 Å². The molecule has 29 heavy (non-hydrogen) atoms. The van der Waals surface area contributed by atoms with Crippen LogP contribution in [0, 0.1) is 5.92 Å². The highest BCUT2D eigenvalue weighted by molar-refractivity contribution is 6.09. The first-order valence-corrected chi connectivity index (χ1v) is 8.83. The molecule has 1 heterocycles. The molecule has 1 aliphatic heterocycles. The Balaban J connectivity index is 1.45. The molecule has 3 rings (SSSR count). The molecule has 1 atom stereocenters. The molecule has 0 radical (unpaired) electrons. The van der Waals surface area contributed by atoms with Crippen molar-refractivity contribution >= 4 is 29.5 Å². The van der Waals surface area contributed by atoms with E-state index in [0.29, 0.717) is 0 Å². The molecule has 9 nitrogen and oxygen atoms in total. The van der Waals surface area contributed by atoms with Crippen LogP contribution in [0.25, 0.3) is 0 Å². The Kier molecular flexibility index (Phi) is 5.66. The van der Waals surface area contributed by atoms with E-state index in [9.17, 15) is 28.0 Å². The van der Waals surface area contributed by atoms with Crippen LogP contribution in [0.1, 0.15) is 19.8 Å². The van der Waals surface area contributed by atoms with Gasteiger partial charge in [-0.2, -0.15) is 8.78 Å². The highest BCUT2D eigenvalue weighted by atomic mass is 19.3. The smallest absolute Gasteiger partial charge is 0.387 e. The van der Waals surface area contributed by atoms with Gasteiger partial charge in [-0.3, -0.25) is 19.3 Å². The molecule has 156 valence electrons. The number of imide groups is 1. The average molecular weight is 411 g/mol. The van der Waals surface area contributed by atoms with Gasteiger partial charge >= 0.3 is 18.6 Å². The minimum atomic E-state index is -2.96. The standard InChI is InChI=1S/C18H19F2N3O6/c1-18(10-2-3-10)15(26)23(17(27)22-18)8-14(25)28-9-13(24)21-11-4-6-12(7-5-11)29-16(19)20/h4-7,10,16H,2-3,8-9H2,1H3,(H,21,24)(H,22,27)/t18-/m1/s1. The summed E-state index contributed by atoms with van der Waals surface area (Å²) >= 11 is 0. The summed E-state index contributed by atoms with van der Waals surface area (Å²) in [5.41, 5.74) is -0.725. The molecule has 0 bridgehead atoms. The van der Waals surface area contributed by atoms with Crippen LogP contribution in [0.3, 0.4) is 0 Å². The lowest BCUT2D eigenvalue weighted by atomic mass is 9.96. The van der Waals surface area contributed by atoms with E-state index in [-0.39, 0.29) is 17.4 Å². The fraction of sp³-hybridized carbons (Fsp3) is 0.444. The Hall–Kier alpha value is -3.24. The monoisotopic (exact) mass is 411 g/mol. The average Bonchev–Trinajstić information content (AvgIpc) is 3.47. The minimum Gasteiger partial charge on any atom is -0.454 e. The lowest BCUT2D eigenvalue weighted by Gasteiger charge is -2.20. The van der Waals surface area contributed by atoms with E-state index >= 15 is 0 Å². The van der Waals surface area contributed by atoms with Crippen molar-refractivity contribution in [1.29, 1.82) is 0 Å². The largest absolute Gasteiger partial charge is 0.454 e. The topological polar surface area (TPSA) is 114 Å². The van der Waals surface area contributed by atoms with Gasteiger partial charge in [-0.15, -0.1) is 0 Å². The summed E-state index contributed by atoms with van der Waals surface area (Å²) in [6, 6.07) is 4.48. The third-order valence-electron chi connectivity index (χ3n) is 4.71. The number of rotatable bonds is 8. The lowest BCUT2D eigenvalue weighted by molar-refractivity contribution is -0.150. The van der Waals surface area contributed by atoms with Crippen molar-refractivity contribution in [3.63, 3.8) is 0 Å². The molecule has 1 aromatic rings. The maximum Gasteiger partial charge on any atom is 0.387 e. The van der Waals surface area contributed by atoms with Crippen molar-refractivity contribution in [1.82, 2.24) is 10.2 Å². The second-order valence-electron chi connectivity index (χ2n) is 6.91. The Labute approximate surface area is 164 Å². The normalized spacial score (nSPS) is 21.2. The van der Waals surface area contributed by atoms with E-state index in [1.165, 1.54) is 24.3 Å². The zero-order valence-corrected chi connectivity index (χ0v) is 15.4. The SMILES string of the molecule is C[C@]1(C2CC2)NC(=O)N(CC(=O)OCC(=O)Nc2ccc(OC(F)F)cc2)C1=O. The summed E-state index contributed by atoms with van der Waals surface area (Å²) in [6.07, 6.45) is 1.66. The van der Waals surface area contributed by atoms with Gasteiger partial charge in [-0.25, -0.2) is 4.79 Å². The maximum absolute atomic E-state index is 12.4. The van der Waals surface area contributed by atoms with Crippen LogP contribution in [0.4, 0.5) is 19.3 Å². The molecular formula is C18H19F2N3O6. The molecule has 11 heteroatoms. The molecule has 1 aromatic carbocycles. The van der Waals surface area contributed by atoms with Gasteiger partial charge in [0.25, 0.3) is 11.8 Å². The first kappa shape index (κ1) is 20.5. The molecule has 1 saturated heterocycles. The van der Waals surface area contributed by atoms with E-state index < -0.39 is 49.1 Å². The highest BCUT2D eigenvalue weighted by Gasteiger charge is 2.56. The number of alkyl halides is 2. The summed E-state index contributed by atoms with van der Waals surface area (Å²) in [6.45, 7) is -2.57. The van der Waals surface area contributed by atoms with Gasteiger partial charge < -0.3 is 20.1 Å². The van der Waals surface area contributed by atoms with Crippen LogP contribution < -0.4 is 15.4 Å². The number of urea groups is 1. The van der Waals surface area contributed by atoms with E-state index in [4.69, 9.17) is 4.74 Å². The lowest BCUT2D eigenvalue weighted by Crippen LogP contribution is -2.46. The van der Waals surface area contributed by atoms with Crippen molar-refractivity contribution in [2.45, 2.75) is 31.9 Å². The maximum atomic E-state index is 12.4. The van der Waals surface area contributed by atoms with Crippen LogP contribution in [-0.4, -0.2) is 54.0 Å². The van der Waals surface area contributed by atoms with E-state index in [1.54, 1.807) is 6.92 Å². The minimum absolute atomic E-state index is 0.0585. The van der Waals surface area contributed by atoms with Crippen LogP contribution in [0.15, 0.2) is 24.3 Å². The first-order chi connectivity index (χ1) is 13.7. The van der Waals surface area contributed by atoms with Crippen LogP contribution in [0.2, 0.25) is 0 Å². The summed E-state index contributed by atoms with van der Waals surface area (Å²) < 4.78 is 33.2. The van der Waals surface area contributed by atoms with Crippen molar-refractivity contribution in [3.05, 3.63) is 24.3 Å². The number of anilines is 1. The molecule has 2 aliphatic rings. The highest BCUT2D eigenvalue weighted by Crippen LogP contribution is 2.42. The number of amides is 4. The van der Waals surface area contributed by atoms with Crippen molar-refractivity contribution in [2.75, 3.05) is 18.5 Å². The second kappa shape index (κ2) is 8.02. The summed E-state index contributed by atoms with van der Waals surface area (Å²) in [5.74, 6) is -2.10. The molecule has 0 spiro atoms. The predicted molar refractivity (Wildman–Crippen MR) is 94.0 cm³/mol. The molecule has 1 aliphatic carbocycles. The van der Waals surface area contributed by atoms with Gasteiger partial charge in [0.05, 0.1) is 0 Å². The van der Waals surface area contributed by atoms with Gasteiger partial charge in [0.2, 0.25) is 0 Å². The summed E-state index contributed by atoms with van der Waals surface area (Å²) in [5, 5.41) is 5.01. The number of ether oxygens (including phenoxy) is 2.